The third kappa shape index (κ3) is 6.28. The second-order valence-electron chi connectivity index (χ2n) is 11.4. The number of likely N-dealkylation sites (tertiary alicyclic amines) is 1. The predicted molar refractivity (Wildman–Crippen MR) is 146 cm³/mol. The van der Waals surface area contributed by atoms with Gasteiger partial charge in [0, 0.05) is 19.5 Å². The van der Waals surface area contributed by atoms with E-state index in [0.29, 0.717) is 0 Å². The van der Waals surface area contributed by atoms with Gasteiger partial charge in [0.05, 0.1) is 13.2 Å². The number of carbonyl (C=O) groups is 4. The van der Waals surface area contributed by atoms with Crippen LogP contribution in [0.2, 0.25) is 0 Å². The summed E-state index contributed by atoms with van der Waals surface area (Å²) in [4.78, 5) is 55.5. The number of nitrogens with zero attached hydrogens (tertiary/aromatic N) is 2. The number of nitrogens with one attached hydrogen (secondary N) is 1. The summed E-state index contributed by atoms with van der Waals surface area (Å²) in [6.45, 7) is 7.05. The van der Waals surface area contributed by atoms with Crippen molar-refractivity contribution in [1.29, 1.82) is 0 Å². The minimum atomic E-state index is -1.28. The maximum atomic E-state index is 14.3. The van der Waals surface area contributed by atoms with Crippen LogP contribution in [0, 0.1) is 0 Å². The zero-order chi connectivity index (χ0) is 29.1. The smallest absolute Gasteiger partial charge is 0.408 e. The van der Waals surface area contributed by atoms with Crippen LogP contribution >= 0.6 is 0 Å². The number of benzene rings is 2. The minimum Gasteiger partial charge on any atom is -0.480 e. The van der Waals surface area contributed by atoms with Crippen LogP contribution in [0.5, 0.6) is 0 Å². The van der Waals surface area contributed by atoms with Gasteiger partial charge in [-0.2, -0.15) is 0 Å². The molecule has 3 atom stereocenters. The number of aliphatic carboxylic acids is 1. The number of hydrogen-bond donors (Lipinski definition) is 2. The molecule has 2 heterocycles. The first-order chi connectivity index (χ1) is 18.9. The molecule has 40 heavy (non-hydrogen) atoms. The maximum Gasteiger partial charge on any atom is 0.408 e. The Labute approximate surface area is 234 Å². The Balaban J connectivity index is 1.65. The first-order valence-electron chi connectivity index (χ1n) is 13.4. The van der Waals surface area contributed by atoms with Crippen LogP contribution in [0.25, 0.3) is 0 Å². The largest absolute Gasteiger partial charge is 0.480 e. The van der Waals surface area contributed by atoms with Gasteiger partial charge in [-0.05, 0) is 50.8 Å². The Morgan fingerprint density at radius 1 is 1.05 bits per heavy atom. The van der Waals surface area contributed by atoms with E-state index in [9.17, 15) is 24.3 Å². The first kappa shape index (κ1) is 29.1. The summed E-state index contributed by atoms with van der Waals surface area (Å²) in [5, 5.41) is 12.3. The molecule has 214 valence electrons. The van der Waals surface area contributed by atoms with E-state index in [1.54, 1.807) is 20.8 Å². The Hall–Kier alpha value is -3.92. The lowest BCUT2D eigenvalue weighted by molar-refractivity contribution is -0.157. The Kier molecular flexibility index (Phi) is 8.48. The molecular weight excluding hydrogens is 514 g/mol. The summed E-state index contributed by atoms with van der Waals surface area (Å²) in [6.07, 6.45) is -0.256. The summed E-state index contributed by atoms with van der Waals surface area (Å²) in [7, 11) is 0. The van der Waals surface area contributed by atoms with Gasteiger partial charge in [0.2, 0.25) is 11.8 Å². The van der Waals surface area contributed by atoms with Crippen LogP contribution < -0.4 is 5.32 Å². The van der Waals surface area contributed by atoms with Crippen LogP contribution in [0.15, 0.2) is 54.6 Å². The lowest BCUT2D eigenvalue weighted by Crippen LogP contribution is -2.64. The highest BCUT2D eigenvalue weighted by Gasteiger charge is 2.56. The highest BCUT2D eigenvalue weighted by atomic mass is 16.6. The average Bonchev–Trinajstić information content (AvgIpc) is 3.21. The summed E-state index contributed by atoms with van der Waals surface area (Å²) in [5.41, 5.74) is 0.658. The molecule has 0 aromatic heterocycles. The quantitative estimate of drug-likeness (QED) is 0.516. The molecule has 1 spiro atoms. The molecule has 2 aromatic carbocycles. The molecule has 10 nitrogen and oxygen atoms in total. The van der Waals surface area contributed by atoms with Gasteiger partial charge in [-0.25, -0.2) is 9.59 Å². The van der Waals surface area contributed by atoms with Crippen LogP contribution in [-0.2, 0) is 43.4 Å². The zero-order valence-corrected chi connectivity index (χ0v) is 23.4. The number of hydrogen-bond acceptors (Lipinski definition) is 6. The molecule has 1 fully saturated rings. The Bertz CT molecular complexity index is 1260. The lowest BCUT2D eigenvalue weighted by atomic mass is 9.81. The van der Waals surface area contributed by atoms with Crippen molar-refractivity contribution in [3.63, 3.8) is 0 Å². The van der Waals surface area contributed by atoms with E-state index >= 15 is 0 Å². The molecule has 4 rings (SSSR count). The molecule has 0 unspecified atom stereocenters. The third-order valence-electron chi connectivity index (χ3n) is 7.35. The predicted octanol–water partition coefficient (Wildman–Crippen LogP) is 3.13. The fraction of sp³-hybridized carbons (Fsp3) is 0.467. The number of fused-ring (bicyclic) bond motifs is 1. The fourth-order valence-corrected chi connectivity index (χ4v) is 5.29. The number of rotatable bonds is 8. The lowest BCUT2D eigenvalue weighted by Gasteiger charge is -2.45. The normalized spacial score (nSPS) is 20.1. The molecule has 10 heteroatoms. The van der Waals surface area contributed by atoms with Gasteiger partial charge in [-0.1, -0.05) is 54.6 Å². The molecule has 3 amide bonds. The molecule has 0 aliphatic carbocycles. The van der Waals surface area contributed by atoms with Gasteiger partial charge in [-0.3, -0.25) is 9.59 Å². The number of carboxylic acid groups (broad SMARTS) is 1. The topological polar surface area (TPSA) is 125 Å². The zero-order valence-electron chi connectivity index (χ0n) is 23.4. The Morgan fingerprint density at radius 3 is 2.35 bits per heavy atom. The van der Waals surface area contributed by atoms with Gasteiger partial charge in [-0.15, -0.1) is 0 Å². The summed E-state index contributed by atoms with van der Waals surface area (Å²) in [5.74, 6) is -2.02. The van der Waals surface area contributed by atoms with Crippen molar-refractivity contribution in [2.45, 2.75) is 76.9 Å². The second kappa shape index (κ2) is 11.7. The molecule has 2 aromatic rings. The molecule has 2 aliphatic rings. The van der Waals surface area contributed by atoms with Crippen molar-refractivity contribution < 1.29 is 33.8 Å². The van der Waals surface area contributed by atoms with Gasteiger partial charge < -0.3 is 29.7 Å². The highest BCUT2D eigenvalue weighted by molar-refractivity contribution is 5.98. The molecule has 0 bridgehead atoms. The van der Waals surface area contributed by atoms with Crippen LogP contribution in [0.4, 0.5) is 4.79 Å². The van der Waals surface area contributed by atoms with Gasteiger partial charge >= 0.3 is 12.1 Å². The van der Waals surface area contributed by atoms with E-state index in [4.69, 9.17) is 9.47 Å². The van der Waals surface area contributed by atoms with Crippen molar-refractivity contribution >= 4 is 23.9 Å². The summed E-state index contributed by atoms with van der Waals surface area (Å²) >= 11 is 0. The van der Waals surface area contributed by atoms with Gasteiger partial charge in [0.15, 0.2) is 0 Å². The first-order valence-corrected chi connectivity index (χ1v) is 13.4. The number of alkyl carbamates (subject to hydrolysis) is 1. The average molecular weight is 552 g/mol. The standard InChI is InChI=1S/C30H37N3O7/c1-20(26(35)36)32-15-14-30(27(32)37)16-22-12-8-9-13-23(22)17-33(30)25(34)24(31-28(38)40-29(2,3)4)19-39-18-21-10-6-5-7-11-21/h5-13,20,24H,14-19H2,1-4H3,(H,31,38)(H,35,36)/t20-,24-,30+/m0/s1. The molecule has 2 N–H and O–H groups in total. The van der Waals surface area contributed by atoms with Crippen molar-refractivity contribution in [3.05, 3.63) is 71.3 Å². The number of carboxylic acids is 1. The number of amides is 3. The van der Waals surface area contributed by atoms with Crippen LogP contribution in [0.1, 0.15) is 50.8 Å². The molecular formula is C30H37N3O7. The maximum absolute atomic E-state index is 14.3. The number of ether oxygens (including phenoxy) is 2. The van der Waals surface area contributed by atoms with E-state index in [2.05, 4.69) is 5.32 Å². The molecule has 2 aliphatic heterocycles. The number of carbonyl (C=O) groups excluding carboxylic acids is 3. The van der Waals surface area contributed by atoms with Crippen LogP contribution in [0.3, 0.4) is 0 Å². The van der Waals surface area contributed by atoms with Gasteiger partial charge in [0.1, 0.15) is 23.2 Å². The van der Waals surface area contributed by atoms with E-state index < -0.39 is 47.1 Å². The monoisotopic (exact) mass is 551 g/mol. The SMILES string of the molecule is C[C@@H](C(=O)O)N1CC[C@@]2(Cc3ccccc3CN2C(=O)[C@H](COCc2ccccc2)NC(=O)OC(C)(C)C)C1=O. The minimum absolute atomic E-state index is 0.140. The van der Waals surface area contributed by atoms with E-state index in [1.807, 2.05) is 54.6 Å². The third-order valence-corrected chi connectivity index (χ3v) is 7.35. The second-order valence-corrected chi connectivity index (χ2v) is 11.4. The highest BCUT2D eigenvalue weighted by Crippen LogP contribution is 2.40. The van der Waals surface area contributed by atoms with Crippen molar-refractivity contribution in [1.82, 2.24) is 15.1 Å². The molecule has 0 saturated carbocycles. The molecule has 0 radical (unpaired) electrons. The van der Waals surface area contributed by atoms with Crippen molar-refractivity contribution in [3.8, 4) is 0 Å². The van der Waals surface area contributed by atoms with E-state index in [1.165, 1.54) is 16.7 Å². The summed E-state index contributed by atoms with van der Waals surface area (Å²) in [6, 6.07) is 14.8. The Morgan fingerprint density at radius 2 is 1.70 bits per heavy atom. The van der Waals surface area contributed by atoms with Crippen LogP contribution in [-0.4, -0.2) is 75.2 Å². The molecule has 1 saturated heterocycles. The van der Waals surface area contributed by atoms with E-state index in [-0.39, 0.29) is 39.1 Å². The van der Waals surface area contributed by atoms with Crippen molar-refractivity contribution in [2.24, 2.45) is 0 Å². The fourth-order valence-electron chi connectivity index (χ4n) is 5.29. The van der Waals surface area contributed by atoms with Gasteiger partial charge in [0.25, 0.3) is 0 Å². The van der Waals surface area contributed by atoms with E-state index in [0.717, 1.165) is 16.7 Å². The summed E-state index contributed by atoms with van der Waals surface area (Å²) < 4.78 is 11.3. The van der Waals surface area contributed by atoms with Crippen molar-refractivity contribution in [2.75, 3.05) is 13.2 Å².